The van der Waals surface area contributed by atoms with Gasteiger partial charge in [0.15, 0.2) is 0 Å². The first-order valence-electron chi connectivity index (χ1n) is 8.12. The van der Waals surface area contributed by atoms with E-state index in [2.05, 4.69) is 13.0 Å². The van der Waals surface area contributed by atoms with Crippen LogP contribution in [0.2, 0.25) is 0 Å². The van der Waals surface area contributed by atoms with Crippen molar-refractivity contribution in [1.29, 1.82) is 0 Å². The zero-order chi connectivity index (χ0) is 16.3. The minimum Gasteiger partial charge on any atom is -0.512 e. The summed E-state index contributed by atoms with van der Waals surface area (Å²) in [4.78, 5) is 12.5. The lowest BCUT2D eigenvalue weighted by Crippen LogP contribution is -2.38. The summed E-state index contributed by atoms with van der Waals surface area (Å²) in [7, 11) is 0. The normalized spacial score (nSPS) is 23.4. The first kappa shape index (κ1) is 16.6. The molecule has 3 nitrogen and oxygen atoms in total. The average molecular weight is 302 g/mol. The van der Waals surface area contributed by atoms with Crippen LogP contribution in [0, 0.1) is 6.92 Å². The third kappa shape index (κ3) is 3.34. The number of cyclic esters (lactones) is 1. The summed E-state index contributed by atoms with van der Waals surface area (Å²) in [5, 5.41) is 10.5. The second kappa shape index (κ2) is 6.55. The Labute approximate surface area is 133 Å². The summed E-state index contributed by atoms with van der Waals surface area (Å²) in [5.74, 6) is -0.285. The second-order valence-electron chi connectivity index (χ2n) is 6.50. The number of carbonyl (C=O) groups excluding carboxylic acids is 1. The monoisotopic (exact) mass is 302 g/mol. The lowest BCUT2D eigenvalue weighted by atomic mass is 9.82. The summed E-state index contributed by atoms with van der Waals surface area (Å²) >= 11 is 0. The van der Waals surface area contributed by atoms with Crippen molar-refractivity contribution in [3.05, 3.63) is 46.7 Å². The average Bonchev–Trinajstić information content (AvgIpc) is 2.42. The number of esters is 1. The summed E-state index contributed by atoms with van der Waals surface area (Å²) in [6.45, 7) is 8.01. The van der Waals surface area contributed by atoms with Gasteiger partial charge in [0.2, 0.25) is 0 Å². The maximum Gasteiger partial charge on any atom is 0.338 e. The molecule has 0 saturated carbocycles. The molecule has 0 fully saturated rings. The molecule has 0 aromatic heterocycles. The molecule has 22 heavy (non-hydrogen) atoms. The van der Waals surface area contributed by atoms with Gasteiger partial charge in [-0.1, -0.05) is 50.1 Å². The molecule has 1 aromatic carbocycles. The fraction of sp³-hybridized carbons (Fsp3) is 0.526. The molecule has 3 heteroatoms. The van der Waals surface area contributed by atoms with E-state index < -0.39 is 5.60 Å². The van der Waals surface area contributed by atoms with Crippen molar-refractivity contribution in [3.8, 4) is 0 Å². The topological polar surface area (TPSA) is 46.5 Å². The van der Waals surface area contributed by atoms with Crippen LogP contribution >= 0.6 is 0 Å². The Balaban J connectivity index is 2.38. The van der Waals surface area contributed by atoms with Crippen molar-refractivity contribution in [2.75, 3.05) is 0 Å². The predicted octanol–water partition coefficient (Wildman–Crippen LogP) is 4.81. The Hall–Kier alpha value is -1.77. The lowest BCUT2D eigenvalue weighted by molar-refractivity contribution is -0.158. The minimum absolute atomic E-state index is 0.112. The largest absolute Gasteiger partial charge is 0.512 e. The van der Waals surface area contributed by atoms with Crippen LogP contribution in [0.25, 0.3) is 0 Å². The zero-order valence-electron chi connectivity index (χ0n) is 14.0. The fourth-order valence-electron chi connectivity index (χ4n) is 3.39. The van der Waals surface area contributed by atoms with Crippen molar-refractivity contribution < 1.29 is 14.6 Å². The fourth-order valence-corrected chi connectivity index (χ4v) is 3.39. The third-order valence-corrected chi connectivity index (χ3v) is 4.39. The molecule has 1 aliphatic rings. The second-order valence-corrected chi connectivity index (χ2v) is 6.50. The molecule has 0 amide bonds. The molecule has 0 bridgehead atoms. The highest BCUT2D eigenvalue weighted by molar-refractivity contribution is 5.92. The quantitative estimate of drug-likeness (QED) is 0.794. The number of carbonyl (C=O) groups is 1. The third-order valence-electron chi connectivity index (χ3n) is 4.39. The highest BCUT2D eigenvalue weighted by atomic mass is 16.6. The van der Waals surface area contributed by atoms with Gasteiger partial charge in [0.25, 0.3) is 0 Å². The number of hydrogen-bond donors (Lipinski definition) is 1. The van der Waals surface area contributed by atoms with Crippen molar-refractivity contribution >= 4 is 5.97 Å². The molecular weight excluding hydrogens is 276 g/mol. The molecule has 1 N–H and O–H groups in total. The summed E-state index contributed by atoms with van der Waals surface area (Å²) in [6.07, 6.45) is 2.84. The molecule has 2 rings (SSSR count). The van der Waals surface area contributed by atoms with E-state index in [1.807, 2.05) is 39.0 Å². The number of aryl methyl sites for hydroxylation is 1. The number of hydrogen-bond acceptors (Lipinski definition) is 3. The van der Waals surface area contributed by atoms with Crippen LogP contribution in [0.3, 0.4) is 0 Å². The van der Waals surface area contributed by atoms with Crippen molar-refractivity contribution in [2.45, 2.75) is 64.9 Å². The molecule has 2 atom stereocenters. The van der Waals surface area contributed by atoms with Gasteiger partial charge in [-0.15, -0.1) is 0 Å². The van der Waals surface area contributed by atoms with Gasteiger partial charge in [-0.3, -0.25) is 0 Å². The number of aliphatic hydroxyl groups excluding tert-OH is 1. The molecule has 1 aliphatic heterocycles. The lowest BCUT2D eigenvalue weighted by Gasteiger charge is -2.35. The van der Waals surface area contributed by atoms with Crippen LogP contribution < -0.4 is 0 Å². The molecule has 0 aliphatic carbocycles. The van der Waals surface area contributed by atoms with E-state index in [1.54, 1.807) is 0 Å². The molecule has 1 unspecified atom stereocenters. The van der Waals surface area contributed by atoms with Gasteiger partial charge >= 0.3 is 5.97 Å². The summed E-state index contributed by atoms with van der Waals surface area (Å²) in [6, 6.07) is 8.10. The van der Waals surface area contributed by atoms with Crippen LogP contribution in [0.15, 0.2) is 35.6 Å². The molecule has 0 spiro atoms. The van der Waals surface area contributed by atoms with E-state index in [9.17, 15) is 9.90 Å². The molecule has 0 radical (unpaired) electrons. The van der Waals surface area contributed by atoms with E-state index in [0.29, 0.717) is 12.0 Å². The standard InChI is InChI=1S/C19H26O3/c1-5-10-19(4)12-16(20)17(18(21)22-19)15(6-2)14-9-7-8-13(3)11-14/h7-9,11,15,20H,5-6,10,12H2,1-4H3/t15?,19-/m0/s1. The summed E-state index contributed by atoms with van der Waals surface area (Å²) in [5.41, 5.74) is 2.06. The predicted molar refractivity (Wildman–Crippen MR) is 87.9 cm³/mol. The Morgan fingerprint density at radius 3 is 2.64 bits per heavy atom. The van der Waals surface area contributed by atoms with Crippen LogP contribution in [0.4, 0.5) is 0 Å². The van der Waals surface area contributed by atoms with E-state index in [4.69, 9.17) is 4.74 Å². The smallest absolute Gasteiger partial charge is 0.338 e. The zero-order valence-corrected chi connectivity index (χ0v) is 14.0. The van der Waals surface area contributed by atoms with E-state index in [0.717, 1.165) is 30.4 Å². The number of rotatable bonds is 5. The maximum absolute atomic E-state index is 12.5. The molecule has 1 aromatic rings. The molecule has 1 heterocycles. The van der Waals surface area contributed by atoms with Crippen molar-refractivity contribution in [3.63, 3.8) is 0 Å². The van der Waals surface area contributed by atoms with E-state index >= 15 is 0 Å². The Bertz CT molecular complexity index is 588. The van der Waals surface area contributed by atoms with Crippen LogP contribution in [0.1, 0.15) is 63.5 Å². The maximum atomic E-state index is 12.5. The van der Waals surface area contributed by atoms with Crippen molar-refractivity contribution in [2.24, 2.45) is 0 Å². The van der Waals surface area contributed by atoms with Gasteiger partial charge in [-0.05, 0) is 32.3 Å². The van der Waals surface area contributed by atoms with Gasteiger partial charge in [-0.2, -0.15) is 0 Å². The van der Waals surface area contributed by atoms with Crippen LogP contribution in [0.5, 0.6) is 0 Å². The van der Waals surface area contributed by atoms with Gasteiger partial charge in [0.05, 0.1) is 5.57 Å². The van der Waals surface area contributed by atoms with Gasteiger partial charge in [0, 0.05) is 12.3 Å². The molecule has 0 saturated heterocycles. The number of benzene rings is 1. The Morgan fingerprint density at radius 2 is 2.09 bits per heavy atom. The highest BCUT2D eigenvalue weighted by Gasteiger charge is 2.40. The van der Waals surface area contributed by atoms with E-state index in [1.165, 1.54) is 0 Å². The van der Waals surface area contributed by atoms with E-state index in [-0.39, 0.29) is 17.6 Å². The first-order chi connectivity index (χ1) is 10.4. The summed E-state index contributed by atoms with van der Waals surface area (Å²) < 4.78 is 5.67. The molecule has 120 valence electrons. The van der Waals surface area contributed by atoms with Gasteiger partial charge < -0.3 is 9.84 Å². The number of ether oxygens (including phenoxy) is 1. The minimum atomic E-state index is -0.579. The number of aliphatic hydroxyl groups is 1. The van der Waals surface area contributed by atoms with Crippen LogP contribution in [-0.4, -0.2) is 16.7 Å². The highest BCUT2D eigenvalue weighted by Crippen LogP contribution is 2.39. The SMILES string of the molecule is CCC[C@@]1(C)CC(O)=C(C(CC)c2cccc(C)c2)C(=O)O1. The Morgan fingerprint density at radius 1 is 1.36 bits per heavy atom. The van der Waals surface area contributed by atoms with Gasteiger partial charge in [-0.25, -0.2) is 4.79 Å². The first-order valence-corrected chi connectivity index (χ1v) is 8.12. The van der Waals surface area contributed by atoms with Crippen molar-refractivity contribution in [1.82, 2.24) is 0 Å². The molecular formula is C19H26O3. The van der Waals surface area contributed by atoms with Crippen LogP contribution in [-0.2, 0) is 9.53 Å². The van der Waals surface area contributed by atoms with Gasteiger partial charge in [0.1, 0.15) is 11.4 Å². The Kier molecular flexibility index (Phi) is 4.94.